The summed E-state index contributed by atoms with van der Waals surface area (Å²) >= 11 is 1.25. The van der Waals surface area contributed by atoms with Gasteiger partial charge in [-0.15, -0.1) is 11.8 Å². The van der Waals surface area contributed by atoms with Crippen molar-refractivity contribution in [2.45, 2.75) is 5.75 Å². The molecule has 0 atom stereocenters. The van der Waals surface area contributed by atoms with Crippen molar-refractivity contribution in [3.05, 3.63) is 108 Å². The number of benzene rings is 3. The fourth-order valence-electron chi connectivity index (χ4n) is 4.07. The van der Waals surface area contributed by atoms with Crippen LogP contribution in [0.15, 0.2) is 95.6 Å². The van der Waals surface area contributed by atoms with Gasteiger partial charge in [0.25, 0.3) is 0 Å². The normalized spacial score (nSPS) is 11.3. The minimum absolute atomic E-state index is 0.0306. The number of nitrogens with zero attached hydrogens (tertiary/aromatic N) is 2. The number of fused-ring (bicyclic) bond motifs is 1. The maximum atomic E-state index is 13.1. The Morgan fingerprint density at radius 1 is 1.05 bits per heavy atom. The second-order valence-corrected chi connectivity index (χ2v) is 9.46. The van der Waals surface area contributed by atoms with Crippen molar-refractivity contribution in [3.8, 4) is 22.9 Å². The number of allylic oxidation sites excluding steroid dienone is 1. The lowest BCUT2D eigenvalue weighted by Crippen LogP contribution is -2.01. The smallest absolute Gasteiger partial charge is 0.313 e. The molecule has 3 aromatic carbocycles. The van der Waals surface area contributed by atoms with Crippen molar-refractivity contribution in [1.29, 1.82) is 0 Å². The Morgan fingerprint density at radius 3 is 2.61 bits per heavy atom. The zero-order valence-electron chi connectivity index (χ0n) is 20.5. The molecule has 190 valence electrons. The lowest BCUT2D eigenvalue weighted by atomic mass is 10.1. The number of furan rings is 1. The summed E-state index contributed by atoms with van der Waals surface area (Å²) in [5.74, 6) is 0.521. The highest BCUT2D eigenvalue weighted by molar-refractivity contribution is 7.99. The van der Waals surface area contributed by atoms with Crippen LogP contribution in [0.4, 0.5) is 0 Å². The molecule has 0 aliphatic heterocycles. The van der Waals surface area contributed by atoms with E-state index in [2.05, 4.69) is 0 Å². The molecule has 8 heteroatoms. The molecule has 38 heavy (non-hydrogen) atoms. The van der Waals surface area contributed by atoms with Crippen LogP contribution in [-0.2, 0) is 10.5 Å². The van der Waals surface area contributed by atoms with Gasteiger partial charge in [0, 0.05) is 34.0 Å². The fraction of sp³-hybridized carbons (Fsp3) is 0.100. The SMILES string of the molecule is COc1ccc(C(=O)/C=C/c2cn(-c3ccccc3)nc2-c2cc3ccccc3o2)cc1CSCC(=O)O. The number of aromatic nitrogens is 2. The molecule has 2 heterocycles. The highest BCUT2D eigenvalue weighted by atomic mass is 32.2. The molecule has 7 nitrogen and oxygen atoms in total. The molecule has 0 fully saturated rings. The highest BCUT2D eigenvalue weighted by Crippen LogP contribution is 2.31. The number of hydrogen-bond donors (Lipinski definition) is 1. The van der Waals surface area contributed by atoms with E-state index in [1.807, 2.05) is 66.9 Å². The van der Waals surface area contributed by atoms with Gasteiger partial charge in [-0.3, -0.25) is 9.59 Å². The molecule has 0 saturated carbocycles. The number of ketones is 1. The molecule has 0 amide bonds. The minimum Gasteiger partial charge on any atom is -0.496 e. The molecular formula is C30H24N2O5S. The summed E-state index contributed by atoms with van der Waals surface area (Å²) in [7, 11) is 1.55. The van der Waals surface area contributed by atoms with Gasteiger partial charge in [0.2, 0.25) is 0 Å². The standard InChI is InChI=1S/C30H24N2O5S/c1-36-26-14-12-20(15-23(26)18-38-19-29(34)35)25(33)13-11-22-17-32(24-8-3-2-4-9-24)31-30(22)28-16-21-7-5-6-10-27(21)37-28/h2-17H,18-19H2,1H3,(H,34,35)/b13-11+. The van der Waals surface area contributed by atoms with Crippen molar-refractivity contribution in [2.24, 2.45) is 0 Å². The molecule has 5 rings (SSSR count). The Morgan fingerprint density at radius 2 is 1.84 bits per heavy atom. The summed E-state index contributed by atoms with van der Waals surface area (Å²) in [5, 5.41) is 14.7. The molecule has 1 N–H and O–H groups in total. The average molecular weight is 525 g/mol. The Balaban J connectivity index is 1.47. The summed E-state index contributed by atoms with van der Waals surface area (Å²) in [6, 6.07) is 24.6. The third-order valence-corrected chi connectivity index (χ3v) is 6.85. The zero-order chi connectivity index (χ0) is 26.5. The van der Waals surface area contributed by atoms with E-state index >= 15 is 0 Å². The van der Waals surface area contributed by atoms with Crippen LogP contribution in [-0.4, -0.2) is 39.5 Å². The minimum atomic E-state index is -0.888. The van der Waals surface area contributed by atoms with E-state index in [9.17, 15) is 9.59 Å². The van der Waals surface area contributed by atoms with Gasteiger partial charge in [0.05, 0.1) is 18.6 Å². The summed E-state index contributed by atoms with van der Waals surface area (Å²) in [4.78, 5) is 24.0. The van der Waals surface area contributed by atoms with Crippen LogP contribution < -0.4 is 4.74 Å². The fourth-order valence-corrected chi connectivity index (χ4v) is 4.79. The van der Waals surface area contributed by atoms with Crippen molar-refractivity contribution in [3.63, 3.8) is 0 Å². The Bertz CT molecular complexity index is 1600. The number of rotatable bonds is 10. The number of methoxy groups -OCH3 is 1. The molecule has 2 aromatic heterocycles. The van der Waals surface area contributed by atoms with E-state index in [1.165, 1.54) is 17.8 Å². The maximum absolute atomic E-state index is 13.1. The quantitative estimate of drug-likeness (QED) is 0.164. The van der Waals surface area contributed by atoms with Gasteiger partial charge in [-0.1, -0.05) is 36.4 Å². The van der Waals surface area contributed by atoms with Crippen LogP contribution >= 0.6 is 11.8 Å². The van der Waals surface area contributed by atoms with Crippen molar-refractivity contribution in [1.82, 2.24) is 9.78 Å². The zero-order valence-corrected chi connectivity index (χ0v) is 21.4. The molecule has 0 aliphatic carbocycles. The Kier molecular flexibility index (Phi) is 7.42. The number of aliphatic carboxylic acids is 1. The number of thioether (sulfide) groups is 1. The number of hydrogen-bond acceptors (Lipinski definition) is 6. The average Bonchev–Trinajstić information content (AvgIpc) is 3.56. The number of ether oxygens (including phenoxy) is 1. The van der Waals surface area contributed by atoms with E-state index in [0.29, 0.717) is 28.5 Å². The first kappa shape index (κ1) is 25.1. The second-order valence-electron chi connectivity index (χ2n) is 8.47. The van der Waals surface area contributed by atoms with E-state index in [1.54, 1.807) is 36.1 Å². The number of carbonyl (C=O) groups is 2. The third-order valence-electron chi connectivity index (χ3n) is 5.88. The first-order chi connectivity index (χ1) is 18.5. The van der Waals surface area contributed by atoms with Gasteiger partial charge in [-0.25, -0.2) is 4.68 Å². The van der Waals surface area contributed by atoms with E-state index in [0.717, 1.165) is 27.8 Å². The maximum Gasteiger partial charge on any atom is 0.313 e. The van der Waals surface area contributed by atoms with E-state index in [4.69, 9.17) is 19.4 Å². The van der Waals surface area contributed by atoms with Crippen molar-refractivity contribution in [2.75, 3.05) is 12.9 Å². The molecule has 0 spiro atoms. The largest absolute Gasteiger partial charge is 0.496 e. The number of para-hydroxylation sites is 2. The molecule has 0 bridgehead atoms. The number of carboxylic acid groups (broad SMARTS) is 1. The van der Waals surface area contributed by atoms with Crippen LogP contribution in [0.5, 0.6) is 5.75 Å². The van der Waals surface area contributed by atoms with Crippen molar-refractivity contribution < 1.29 is 23.8 Å². The van der Waals surface area contributed by atoms with Gasteiger partial charge < -0.3 is 14.3 Å². The third kappa shape index (κ3) is 5.55. The topological polar surface area (TPSA) is 94.6 Å². The first-order valence-electron chi connectivity index (χ1n) is 11.8. The van der Waals surface area contributed by atoms with Crippen LogP contribution in [0.3, 0.4) is 0 Å². The van der Waals surface area contributed by atoms with E-state index < -0.39 is 5.97 Å². The predicted octanol–water partition coefficient (Wildman–Crippen LogP) is 6.51. The summed E-state index contributed by atoms with van der Waals surface area (Å²) < 4.78 is 13.2. The first-order valence-corrected chi connectivity index (χ1v) is 13.0. The van der Waals surface area contributed by atoms with Crippen LogP contribution in [0.25, 0.3) is 34.2 Å². The summed E-state index contributed by atoms with van der Waals surface area (Å²) in [6.45, 7) is 0. The van der Waals surface area contributed by atoms with Crippen LogP contribution in [0.1, 0.15) is 21.5 Å². The molecule has 0 saturated heterocycles. The summed E-state index contributed by atoms with van der Waals surface area (Å²) in [6.07, 6.45) is 5.11. The predicted molar refractivity (Wildman–Crippen MR) is 149 cm³/mol. The van der Waals surface area contributed by atoms with Crippen LogP contribution in [0, 0.1) is 0 Å². The van der Waals surface area contributed by atoms with Crippen molar-refractivity contribution >= 4 is 40.6 Å². The van der Waals surface area contributed by atoms with Gasteiger partial charge in [0.1, 0.15) is 17.0 Å². The van der Waals surface area contributed by atoms with Gasteiger partial charge in [0.15, 0.2) is 11.5 Å². The van der Waals surface area contributed by atoms with Gasteiger partial charge >= 0.3 is 5.97 Å². The van der Waals surface area contributed by atoms with Gasteiger partial charge in [-0.05, 0) is 54.6 Å². The molecule has 0 unspecified atom stereocenters. The lowest BCUT2D eigenvalue weighted by Gasteiger charge is -2.09. The van der Waals surface area contributed by atoms with Crippen LogP contribution in [0.2, 0.25) is 0 Å². The lowest BCUT2D eigenvalue weighted by molar-refractivity contribution is -0.133. The molecule has 0 aliphatic rings. The summed E-state index contributed by atoms with van der Waals surface area (Å²) in [5.41, 5.74) is 4.23. The molecular weight excluding hydrogens is 500 g/mol. The monoisotopic (exact) mass is 524 g/mol. The second kappa shape index (κ2) is 11.2. The number of carbonyl (C=O) groups excluding carboxylic acids is 1. The number of carboxylic acids is 1. The highest BCUT2D eigenvalue weighted by Gasteiger charge is 2.16. The van der Waals surface area contributed by atoms with Gasteiger partial charge in [-0.2, -0.15) is 5.10 Å². The molecule has 5 aromatic rings. The Labute approximate surface area is 223 Å². The molecule has 0 radical (unpaired) electrons. The van der Waals surface area contributed by atoms with E-state index in [-0.39, 0.29) is 11.5 Å². The Hall–Kier alpha value is -4.56.